The van der Waals surface area contributed by atoms with E-state index in [-0.39, 0.29) is 0 Å². The first-order valence-corrected chi connectivity index (χ1v) is 3.63. The van der Waals surface area contributed by atoms with E-state index in [1.165, 1.54) is 0 Å². The molecule has 0 radical (unpaired) electrons. The number of nitrogens with one attached hydrogen (secondary N) is 2. The lowest BCUT2D eigenvalue weighted by atomic mass is 10.2. The molecule has 0 spiro atoms. The van der Waals surface area contributed by atoms with Gasteiger partial charge in [0.05, 0.1) is 0 Å². The highest BCUT2D eigenvalue weighted by molar-refractivity contribution is 7.80. The second-order valence-electron chi connectivity index (χ2n) is 2.38. The third-order valence-corrected chi connectivity index (χ3v) is 1.82. The minimum atomic E-state index is 0.586. The average molecular weight is 144 g/mol. The first-order chi connectivity index (χ1) is 4.33. The molecule has 2 nitrogen and oxygen atoms in total. The average Bonchev–Trinajstić information content (AvgIpc) is 2.17. The zero-order valence-corrected chi connectivity index (χ0v) is 6.42. The van der Waals surface area contributed by atoms with Crippen molar-refractivity contribution in [3.8, 4) is 0 Å². The van der Waals surface area contributed by atoms with Crippen LogP contribution in [-0.4, -0.2) is 31.0 Å². The summed E-state index contributed by atoms with van der Waals surface area (Å²) in [7, 11) is 1.96. The third-order valence-electron chi connectivity index (χ3n) is 1.51. The lowest BCUT2D eigenvalue weighted by molar-refractivity contribution is 0.572. The second-order valence-corrected chi connectivity index (χ2v) is 2.96. The molecular weight excluding hydrogens is 132 g/mol. The molecule has 1 unspecified atom stereocenters. The summed E-state index contributed by atoms with van der Waals surface area (Å²) in [6, 6.07) is 0.586. The van der Waals surface area contributed by atoms with E-state index in [4.69, 9.17) is 12.2 Å². The van der Waals surface area contributed by atoms with Crippen LogP contribution >= 0.6 is 12.2 Å². The fourth-order valence-corrected chi connectivity index (χ4v) is 1.35. The van der Waals surface area contributed by atoms with E-state index < -0.39 is 0 Å². The smallest absolute Gasteiger partial charge is 0.0273 e. The SMILES string of the molecule is CNCC1CC(=S)CN1. The van der Waals surface area contributed by atoms with E-state index in [1.807, 2.05) is 7.05 Å². The van der Waals surface area contributed by atoms with Crippen LogP contribution in [-0.2, 0) is 0 Å². The minimum absolute atomic E-state index is 0.586. The molecular formula is C6H12N2S. The Morgan fingerprint density at radius 3 is 3.11 bits per heavy atom. The van der Waals surface area contributed by atoms with Crippen molar-refractivity contribution < 1.29 is 0 Å². The molecule has 1 heterocycles. The molecule has 0 aliphatic carbocycles. The van der Waals surface area contributed by atoms with Crippen LogP contribution in [0.2, 0.25) is 0 Å². The monoisotopic (exact) mass is 144 g/mol. The molecule has 0 aromatic carbocycles. The number of rotatable bonds is 2. The molecule has 0 aromatic rings. The maximum Gasteiger partial charge on any atom is 0.0273 e. The largest absolute Gasteiger partial charge is 0.318 e. The Morgan fingerprint density at radius 2 is 2.67 bits per heavy atom. The Balaban J connectivity index is 2.22. The van der Waals surface area contributed by atoms with Crippen LogP contribution in [0.4, 0.5) is 0 Å². The van der Waals surface area contributed by atoms with E-state index in [2.05, 4.69) is 10.6 Å². The van der Waals surface area contributed by atoms with E-state index in [0.29, 0.717) is 6.04 Å². The first kappa shape index (κ1) is 7.12. The van der Waals surface area contributed by atoms with Gasteiger partial charge in [0, 0.05) is 24.0 Å². The maximum absolute atomic E-state index is 5.02. The van der Waals surface area contributed by atoms with Gasteiger partial charge in [0.15, 0.2) is 0 Å². The van der Waals surface area contributed by atoms with Crippen molar-refractivity contribution in [2.24, 2.45) is 0 Å². The zero-order chi connectivity index (χ0) is 6.69. The second kappa shape index (κ2) is 3.25. The van der Waals surface area contributed by atoms with Gasteiger partial charge in [-0.3, -0.25) is 0 Å². The van der Waals surface area contributed by atoms with Crippen LogP contribution in [0.25, 0.3) is 0 Å². The van der Waals surface area contributed by atoms with Gasteiger partial charge in [-0.2, -0.15) is 0 Å². The van der Waals surface area contributed by atoms with Crippen LogP contribution in [0.1, 0.15) is 6.42 Å². The number of likely N-dealkylation sites (N-methyl/N-ethyl adjacent to an activating group) is 1. The summed E-state index contributed by atoms with van der Waals surface area (Å²) in [4.78, 5) is 1.16. The van der Waals surface area contributed by atoms with Gasteiger partial charge in [0.2, 0.25) is 0 Å². The molecule has 0 bridgehead atoms. The van der Waals surface area contributed by atoms with Crippen molar-refractivity contribution in [3.05, 3.63) is 0 Å². The molecule has 1 saturated heterocycles. The normalized spacial score (nSPS) is 27.2. The summed E-state index contributed by atoms with van der Waals surface area (Å²) in [6.07, 6.45) is 1.07. The molecule has 1 fully saturated rings. The summed E-state index contributed by atoms with van der Waals surface area (Å²) in [5, 5.41) is 6.41. The maximum atomic E-state index is 5.02. The Kier molecular flexibility index (Phi) is 2.57. The van der Waals surface area contributed by atoms with Crippen LogP contribution in [0.5, 0.6) is 0 Å². The van der Waals surface area contributed by atoms with Gasteiger partial charge < -0.3 is 10.6 Å². The summed E-state index contributed by atoms with van der Waals surface area (Å²) in [6.45, 7) is 1.96. The molecule has 1 aliphatic heterocycles. The summed E-state index contributed by atoms with van der Waals surface area (Å²) < 4.78 is 0. The Morgan fingerprint density at radius 1 is 1.89 bits per heavy atom. The molecule has 3 heteroatoms. The van der Waals surface area contributed by atoms with Gasteiger partial charge in [-0.25, -0.2) is 0 Å². The topological polar surface area (TPSA) is 24.1 Å². The fraction of sp³-hybridized carbons (Fsp3) is 0.833. The molecule has 2 N–H and O–H groups in total. The van der Waals surface area contributed by atoms with Gasteiger partial charge in [0.1, 0.15) is 0 Å². The molecule has 1 rings (SSSR count). The zero-order valence-electron chi connectivity index (χ0n) is 5.61. The highest BCUT2D eigenvalue weighted by Gasteiger charge is 2.16. The molecule has 52 valence electrons. The van der Waals surface area contributed by atoms with E-state index in [1.54, 1.807) is 0 Å². The summed E-state index contributed by atoms with van der Waals surface area (Å²) in [5.74, 6) is 0. The van der Waals surface area contributed by atoms with Crippen molar-refractivity contribution in [3.63, 3.8) is 0 Å². The lowest BCUT2D eigenvalue weighted by Crippen LogP contribution is -2.31. The van der Waals surface area contributed by atoms with Gasteiger partial charge in [0.25, 0.3) is 0 Å². The van der Waals surface area contributed by atoms with Gasteiger partial charge in [-0.15, -0.1) is 0 Å². The number of hydrogen-bond donors (Lipinski definition) is 2. The molecule has 1 atom stereocenters. The standard InChI is InChI=1S/C6H12N2S/c1-7-3-5-2-6(9)4-8-5/h5,7-8H,2-4H2,1H3. The first-order valence-electron chi connectivity index (χ1n) is 3.22. The number of hydrogen-bond acceptors (Lipinski definition) is 3. The summed E-state index contributed by atoms with van der Waals surface area (Å²) >= 11 is 5.02. The van der Waals surface area contributed by atoms with E-state index in [0.717, 1.165) is 24.4 Å². The summed E-state index contributed by atoms with van der Waals surface area (Å²) in [5.41, 5.74) is 0. The minimum Gasteiger partial charge on any atom is -0.318 e. The molecule has 0 aromatic heterocycles. The van der Waals surface area contributed by atoms with Crippen molar-refractivity contribution in [1.82, 2.24) is 10.6 Å². The van der Waals surface area contributed by atoms with Crippen molar-refractivity contribution in [2.75, 3.05) is 20.1 Å². The number of thiocarbonyl (C=S) groups is 1. The Labute approximate surface area is 61.0 Å². The Hall–Kier alpha value is 0.01000. The fourth-order valence-electron chi connectivity index (χ4n) is 1.07. The molecule has 0 amide bonds. The van der Waals surface area contributed by atoms with Crippen LogP contribution in [0, 0.1) is 0 Å². The highest BCUT2D eigenvalue weighted by Crippen LogP contribution is 2.01. The van der Waals surface area contributed by atoms with Crippen molar-refractivity contribution >= 4 is 17.1 Å². The van der Waals surface area contributed by atoms with Gasteiger partial charge in [-0.05, 0) is 13.5 Å². The Bertz CT molecular complexity index is 114. The predicted octanol–water partition coefficient (Wildman–Crippen LogP) is -0.0624. The van der Waals surface area contributed by atoms with Crippen LogP contribution in [0.3, 0.4) is 0 Å². The van der Waals surface area contributed by atoms with E-state index in [9.17, 15) is 0 Å². The van der Waals surface area contributed by atoms with Crippen molar-refractivity contribution in [1.29, 1.82) is 0 Å². The van der Waals surface area contributed by atoms with Crippen LogP contribution < -0.4 is 10.6 Å². The third kappa shape index (κ3) is 2.01. The van der Waals surface area contributed by atoms with Crippen molar-refractivity contribution in [2.45, 2.75) is 12.5 Å². The van der Waals surface area contributed by atoms with Gasteiger partial charge >= 0.3 is 0 Å². The lowest BCUT2D eigenvalue weighted by Gasteiger charge is -2.06. The van der Waals surface area contributed by atoms with E-state index >= 15 is 0 Å². The van der Waals surface area contributed by atoms with Gasteiger partial charge in [-0.1, -0.05) is 12.2 Å². The quantitative estimate of drug-likeness (QED) is 0.531. The van der Waals surface area contributed by atoms with Crippen LogP contribution in [0.15, 0.2) is 0 Å². The molecule has 9 heavy (non-hydrogen) atoms. The molecule has 0 saturated carbocycles. The predicted molar refractivity (Wildman–Crippen MR) is 42.9 cm³/mol. The molecule has 1 aliphatic rings. The highest BCUT2D eigenvalue weighted by atomic mass is 32.1.